The smallest absolute Gasteiger partial charge is 0.00922 e. The molecule has 0 fully saturated rings. The maximum atomic E-state index is 3.21. The molecular weight excluding hydrogens is 192 g/mol. The predicted octanol–water partition coefficient (Wildman–Crippen LogP) is 5.05. The molecule has 1 rings (SSSR count). The molecular formula is C16H25. The van der Waals surface area contributed by atoms with Crippen LogP contribution in [0.5, 0.6) is 0 Å². The SMILES string of the molecule is C1#CCCCCCCCCCCC[CH]C=C1. The molecule has 0 atom stereocenters. The van der Waals surface area contributed by atoms with Gasteiger partial charge in [-0.2, -0.15) is 0 Å². The van der Waals surface area contributed by atoms with Gasteiger partial charge < -0.3 is 0 Å². The lowest BCUT2D eigenvalue weighted by Crippen LogP contribution is -1.82. The lowest BCUT2D eigenvalue weighted by Gasteiger charge is -2.01. The zero-order chi connectivity index (χ0) is 11.3. The Morgan fingerprint density at radius 3 is 2.06 bits per heavy atom. The van der Waals surface area contributed by atoms with Crippen LogP contribution in [0.15, 0.2) is 12.2 Å². The molecule has 0 nitrogen and oxygen atoms in total. The van der Waals surface area contributed by atoms with Crippen molar-refractivity contribution in [1.82, 2.24) is 0 Å². The summed E-state index contributed by atoms with van der Waals surface area (Å²) >= 11 is 0. The van der Waals surface area contributed by atoms with Crippen molar-refractivity contribution in [3.63, 3.8) is 0 Å². The van der Waals surface area contributed by atoms with E-state index in [-0.39, 0.29) is 0 Å². The first-order valence-electron chi connectivity index (χ1n) is 6.97. The molecule has 1 aliphatic rings. The second-order valence-corrected chi connectivity index (χ2v) is 4.64. The summed E-state index contributed by atoms with van der Waals surface area (Å²) in [4.78, 5) is 0. The molecule has 0 heterocycles. The Balaban J connectivity index is 2.18. The van der Waals surface area contributed by atoms with E-state index in [1.165, 1.54) is 64.2 Å². The Labute approximate surface area is 102 Å². The topological polar surface area (TPSA) is 0 Å². The van der Waals surface area contributed by atoms with E-state index in [2.05, 4.69) is 24.3 Å². The third kappa shape index (κ3) is 8.60. The molecule has 0 bridgehead atoms. The minimum absolute atomic E-state index is 1.07. The first-order valence-corrected chi connectivity index (χ1v) is 6.97. The van der Waals surface area contributed by atoms with Crippen molar-refractivity contribution >= 4 is 0 Å². The highest BCUT2D eigenvalue weighted by Gasteiger charge is 1.92. The zero-order valence-corrected chi connectivity index (χ0v) is 10.5. The first kappa shape index (κ1) is 13.4. The Kier molecular flexibility index (Phi) is 9.03. The molecule has 16 heavy (non-hydrogen) atoms. The van der Waals surface area contributed by atoms with Gasteiger partial charge in [0.2, 0.25) is 0 Å². The molecule has 0 aromatic rings. The van der Waals surface area contributed by atoms with Crippen molar-refractivity contribution in [3.05, 3.63) is 18.6 Å². The van der Waals surface area contributed by atoms with Crippen molar-refractivity contribution in [3.8, 4) is 11.8 Å². The van der Waals surface area contributed by atoms with Crippen LogP contribution < -0.4 is 0 Å². The van der Waals surface area contributed by atoms with Gasteiger partial charge in [0.15, 0.2) is 0 Å². The number of rotatable bonds is 0. The standard InChI is InChI=1S/C16H25/c1-2-4-6-8-10-12-14-16-15-13-11-9-7-5-3-1/h1-3H,4,6,8-16H2. The Hall–Kier alpha value is -0.700. The van der Waals surface area contributed by atoms with Crippen LogP contribution in [-0.2, 0) is 0 Å². The molecule has 0 heteroatoms. The van der Waals surface area contributed by atoms with Crippen molar-refractivity contribution < 1.29 is 0 Å². The molecule has 0 aromatic heterocycles. The summed E-state index contributed by atoms with van der Waals surface area (Å²) in [6.07, 6.45) is 21.2. The van der Waals surface area contributed by atoms with Crippen LogP contribution in [0, 0.1) is 18.3 Å². The van der Waals surface area contributed by atoms with Gasteiger partial charge >= 0.3 is 0 Å². The van der Waals surface area contributed by atoms with Crippen LogP contribution in [0.1, 0.15) is 70.6 Å². The van der Waals surface area contributed by atoms with E-state index in [1.807, 2.05) is 6.08 Å². The average molecular weight is 217 g/mol. The van der Waals surface area contributed by atoms with Gasteiger partial charge in [-0.15, -0.1) is 0 Å². The molecule has 0 spiro atoms. The molecule has 0 N–H and O–H groups in total. The van der Waals surface area contributed by atoms with Crippen molar-refractivity contribution in [2.75, 3.05) is 0 Å². The molecule has 0 saturated carbocycles. The molecule has 89 valence electrons. The van der Waals surface area contributed by atoms with Crippen molar-refractivity contribution in [1.29, 1.82) is 0 Å². The fourth-order valence-corrected chi connectivity index (χ4v) is 2.06. The first-order chi connectivity index (χ1) is 8.00. The summed E-state index contributed by atoms with van der Waals surface area (Å²) in [6.45, 7) is 0. The van der Waals surface area contributed by atoms with Crippen LogP contribution in [-0.4, -0.2) is 0 Å². The predicted molar refractivity (Wildman–Crippen MR) is 72.0 cm³/mol. The molecule has 0 aromatic carbocycles. The minimum Gasteiger partial charge on any atom is -0.0985 e. The van der Waals surface area contributed by atoms with Gasteiger partial charge in [-0.25, -0.2) is 0 Å². The largest absolute Gasteiger partial charge is 0.0985 e. The van der Waals surface area contributed by atoms with Gasteiger partial charge in [0.05, 0.1) is 0 Å². The molecule has 0 amide bonds. The molecule has 1 radical (unpaired) electrons. The fraction of sp³-hybridized carbons (Fsp3) is 0.688. The second-order valence-electron chi connectivity index (χ2n) is 4.64. The summed E-state index contributed by atoms with van der Waals surface area (Å²) in [5, 5.41) is 0. The van der Waals surface area contributed by atoms with Crippen LogP contribution in [0.2, 0.25) is 0 Å². The Morgan fingerprint density at radius 2 is 1.31 bits per heavy atom. The van der Waals surface area contributed by atoms with E-state index in [0.717, 1.165) is 6.42 Å². The summed E-state index contributed by atoms with van der Waals surface area (Å²) in [5.74, 6) is 6.32. The van der Waals surface area contributed by atoms with Gasteiger partial charge in [0.25, 0.3) is 0 Å². The van der Waals surface area contributed by atoms with E-state index >= 15 is 0 Å². The van der Waals surface area contributed by atoms with Gasteiger partial charge in [-0.3, -0.25) is 0 Å². The summed E-state index contributed by atoms with van der Waals surface area (Å²) < 4.78 is 0. The highest BCUT2D eigenvalue weighted by molar-refractivity contribution is 5.17. The van der Waals surface area contributed by atoms with E-state index < -0.39 is 0 Å². The third-order valence-electron chi connectivity index (χ3n) is 3.09. The highest BCUT2D eigenvalue weighted by atomic mass is 14.0. The normalized spacial score (nSPS) is 21.0. The monoisotopic (exact) mass is 217 g/mol. The third-order valence-corrected chi connectivity index (χ3v) is 3.09. The maximum Gasteiger partial charge on any atom is 0.00922 e. The Morgan fingerprint density at radius 1 is 0.688 bits per heavy atom. The van der Waals surface area contributed by atoms with Gasteiger partial charge in [0, 0.05) is 6.42 Å². The quantitative estimate of drug-likeness (QED) is 0.498. The lowest BCUT2D eigenvalue weighted by atomic mass is 10.0. The number of allylic oxidation sites excluding steroid dienone is 2. The maximum absolute atomic E-state index is 3.21. The van der Waals surface area contributed by atoms with Crippen molar-refractivity contribution in [2.45, 2.75) is 70.6 Å². The highest BCUT2D eigenvalue weighted by Crippen LogP contribution is 2.11. The van der Waals surface area contributed by atoms with Gasteiger partial charge in [-0.1, -0.05) is 69.3 Å². The molecule has 1 aliphatic carbocycles. The van der Waals surface area contributed by atoms with E-state index in [1.54, 1.807) is 0 Å². The average Bonchev–Trinajstić information content (AvgIpc) is 2.29. The lowest BCUT2D eigenvalue weighted by molar-refractivity contribution is 0.561. The van der Waals surface area contributed by atoms with Crippen molar-refractivity contribution in [2.24, 2.45) is 0 Å². The molecule has 0 aliphatic heterocycles. The van der Waals surface area contributed by atoms with Crippen LogP contribution >= 0.6 is 0 Å². The van der Waals surface area contributed by atoms with E-state index in [9.17, 15) is 0 Å². The van der Waals surface area contributed by atoms with E-state index in [4.69, 9.17) is 0 Å². The van der Waals surface area contributed by atoms with Crippen LogP contribution in [0.4, 0.5) is 0 Å². The van der Waals surface area contributed by atoms with Gasteiger partial charge in [0.1, 0.15) is 0 Å². The number of hydrogen-bond acceptors (Lipinski definition) is 0. The van der Waals surface area contributed by atoms with Crippen LogP contribution in [0.3, 0.4) is 0 Å². The molecule has 0 unspecified atom stereocenters. The summed E-state index contributed by atoms with van der Waals surface area (Å²) in [7, 11) is 0. The summed E-state index contributed by atoms with van der Waals surface area (Å²) in [6, 6.07) is 0. The zero-order valence-electron chi connectivity index (χ0n) is 10.5. The Bertz CT molecular complexity index is 226. The minimum atomic E-state index is 1.07. The summed E-state index contributed by atoms with van der Waals surface area (Å²) in [5.41, 5.74) is 0. The second kappa shape index (κ2) is 10.8. The van der Waals surface area contributed by atoms with Crippen LogP contribution in [0.25, 0.3) is 0 Å². The number of hydrogen-bond donors (Lipinski definition) is 0. The van der Waals surface area contributed by atoms with Gasteiger partial charge in [-0.05, 0) is 25.3 Å². The van der Waals surface area contributed by atoms with E-state index in [0.29, 0.717) is 0 Å². The fourth-order valence-electron chi connectivity index (χ4n) is 2.06. The molecule has 0 saturated heterocycles.